The largest absolute Gasteiger partial charge is 0.495 e. The minimum atomic E-state index is -3.86. The van der Waals surface area contributed by atoms with Gasteiger partial charge in [0.25, 0.3) is 10.0 Å². The number of hydrogen-bond donors (Lipinski definition) is 1. The summed E-state index contributed by atoms with van der Waals surface area (Å²) in [4.78, 5) is -0.0528. The van der Waals surface area contributed by atoms with E-state index in [0.29, 0.717) is 27.0 Å². The highest BCUT2D eigenvalue weighted by Crippen LogP contribution is 2.31. The van der Waals surface area contributed by atoms with Crippen molar-refractivity contribution < 1.29 is 13.2 Å². The topological polar surface area (TPSA) is 55.4 Å². The Kier molecular flexibility index (Phi) is 5.12. The molecular formula is C14H12Cl3NO3S. The molecule has 118 valence electrons. The Morgan fingerprint density at radius 1 is 1.00 bits per heavy atom. The quantitative estimate of drug-likeness (QED) is 0.831. The minimum Gasteiger partial charge on any atom is -0.495 e. The molecule has 0 aliphatic carbocycles. The monoisotopic (exact) mass is 379 g/mol. The fourth-order valence-electron chi connectivity index (χ4n) is 1.78. The van der Waals surface area contributed by atoms with E-state index in [1.165, 1.54) is 25.3 Å². The Labute approximate surface area is 144 Å². The number of aryl methyl sites for hydroxylation is 1. The zero-order chi connectivity index (χ0) is 16.5. The number of sulfonamides is 1. The van der Waals surface area contributed by atoms with Gasteiger partial charge in [0.05, 0.1) is 22.8 Å². The summed E-state index contributed by atoms with van der Waals surface area (Å²) >= 11 is 17.9. The number of ether oxygens (including phenoxy) is 1. The van der Waals surface area contributed by atoms with Crippen LogP contribution in [0.4, 0.5) is 5.69 Å². The van der Waals surface area contributed by atoms with Gasteiger partial charge in [-0.05, 0) is 42.8 Å². The van der Waals surface area contributed by atoms with Crippen LogP contribution in [-0.4, -0.2) is 15.5 Å². The molecule has 0 unspecified atom stereocenters. The van der Waals surface area contributed by atoms with Gasteiger partial charge in [-0.15, -0.1) is 0 Å². The van der Waals surface area contributed by atoms with Gasteiger partial charge in [-0.25, -0.2) is 8.42 Å². The molecule has 0 atom stereocenters. The van der Waals surface area contributed by atoms with Crippen LogP contribution in [-0.2, 0) is 10.0 Å². The highest BCUT2D eigenvalue weighted by Gasteiger charge is 2.20. The average molecular weight is 381 g/mol. The molecule has 0 radical (unpaired) electrons. The lowest BCUT2D eigenvalue weighted by molar-refractivity contribution is 0.415. The summed E-state index contributed by atoms with van der Waals surface area (Å²) in [5.41, 5.74) is 0.911. The summed E-state index contributed by atoms with van der Waals surface area (Å²) < 4.78 is 32.3. The number of nitrogens with one attached hydrogen (secondary N) is 1. The standard InChI is InChI=1S/C14H12Cl3NO3S/c1-8-5-14(12(17)7-10(8)15)22(19,20)18-9-3-4-13(21-2)11(16)6-9/h3-7,18H,1-2H3. The first-order valence-corrected chi connectivity index (χ1v) is 8.68. The lowest BCUT2D eigenvalue weighted by Crippen LogP contribution is -2.13. The smallest absolute Gasteiger partial charge is 0.263 e. The maximum atomic E-state index is 12.4. The fraction of sp³-hybridized carbons (Fsp3) is 0.143. The van der Waals surface area contributed by atoms with Crippen LogP contribution in [0.2, 0.25) is 15.1 Å². The molecule has 0 saturated heterocycles. The average Bonchev–Trinajstić information content (AvgIpc) is 2.42. The van der Waals surface area contributed by atoms with E-state index in [0.717, 1.165) is 0 Å². The summed E-state index contributed by atoms with van der Waals surface area (Å²) in [6, 6.07) is 7.37. The lowest BCUT2D eigenvalue weighted by atomic mass is 10.2. The van der Waals surface area contributed by atoms with E-state index >= 15 is 0 Å². The molecule has 0 aromatic heterocycles. The number of benzene rings is 2. The number of hydrogen-bond acceptors (Lipinski definition) is 3. The van der Waals surface area contributed by atoms with E-state index in [1.54, 1.807) is 19.1 Å². The molecule has 8 heteroatoms. The number of halogens is 3. The molecule has 2 aromatic rings. The third-order valence-electron chi connectivity index (χ3n) is 2.91. The van der Waals surface area contributed by atoms with Gasteiger partial charge in [0.15, 0.2) is 0 Å². The third kappa shape index (κ3) is 3.60. The summed E-state index contributed by atoms with van der Waals surface area (Å²) in [5.74, 6) is 0.449. The molecule has 22 heavy (non-hydrogen) atoms. The molecule has 2 aromatic carbocycles. The van der Waals surface area contributed by atoms with Crippen molar-refractivity contribution in [2.45, 2.75) is 11.8 Å². The Hall–Kier alpha value is -1.14. The molecule has 0 bridgehead atoms. The molecule has 4 nitrogen and oxygen atoms in total. The molecule has 0 fully saturated rings. The van der Waals surface area contributed by atoms with Crippen molar-refractivity contribution in [3.8, 4) is 5.75 Å². The summed E-state index contributed by atoms with van der Waals surface area (Å²) in [5, 5.41) is 0.736. The second-order valence-corrected chi connectivity index (χ2v) is 7.36. The van der Waals surface area contributed by atoms with Crippen LogP contribution in [0, 0.1) is 6.92 Å². The van der Waals surface area contributed by atoms with Crippen LogP contribution < -0.4 is 9.46 Å². The molecular weight excluding hydrogens is 369 g/mol. The second-order valence-electron chi connectivity index (χ2n) is 4.49. The van der Waals surface area contributed by atoms with Gasteiger partial charge in [-0.1, -0.05) is 34.8 Å². The van der Waals surface area contributed by atoms with Crippen molar-refractivity contribution in [2.75, 3.05) is 11.8 Å². The van der Waals surface area contributed by atoms with E-state index in [4.69, 9.17) is 39.5 Å². The summed E-state index contributed by atoms with van der Waals surface area (Å²) in [7, 11) is -2.39. The van der Waals surface area contributed by atoms with E-state index in [1.807, 2.05) is 0 Å². The number of anilines is 1. The number of methoxy groups -OCH3 is 1. The zero-order valence-corrected chi connectivity index (χ0v) is 14.7. The van der Waals surface area contributed by atoms with Crippen molar-refractivity contribution in [1.82, 2.24) is 0 Å². The van der Waals surface area contributed by atoms with Crippen LogP contribution in [0.25, 0.3) is 0 Å². The molecule has 0 amide bonds. The minimum absolute atomic E-state index is 0.0442. The van der Waals surface area contributed by atoms with Gasteiger partial charge in [0.1, 0.15) is 10.6 Å². The SMILES string of the molecule is COc1ccc(NS(=O)(=O)c2cc(C)c(Cl)cc2Cl)cc1Cl. The molecule has 0 aliphatic heterocycles. The molecule has 0 saturated carbocycles. The molecule has 0 spiro atoms. The van der Waals surface area contributed by atoms with Gasteiger partial charge in [-0.2, -0.15) is 0 Å². The molecule has 0 aliphatic rings. The predicted octanol–water partition coefficient (Wildman–Crippen LogP) is 4.76. The van der Waals surface area contributed by atoms with Crippen molar-refractivity contribution in [1.29, 1.82) is 0 Å². The zero-order valence-electron chi connectivity index (χ0n) is 11.7. The lowest BCUT2D eigenvalue weighted by Gasteiger charge is -2.12. The third-order valence-corrected chi connectivity index (χ3v) is 5.46. The van der Waals surface area contributed by atoms with Crippen LogP contribution in [0.3, 0.4) is 0 Å². The first-order chi connectivity index (χ1) is 10.2. The van der Waals surface area contributed by atoms with Crippen molar-refractivity contribution in [3.63, 3.8) is 0 Å². The highest BCUT2D eigenvalue weighted by molar-refractivity contribution is 7.92. The van der Waals surface area contributed by atoms with Gasteiger partial charge in [-0.3, -0.25) is 4.72 Å². The van der Waals surface area contributed by atoms with E-state index < -0.39 is 10.0 Å². The first-order valence-electron chi connectivity index (χ1n) is 6.06. The van der Waals surface area contributed by atoms with Crippen molar-refractivity contribution in [3.05, 3.63) is 51.0 Å². The summed E-state index contributed by atoms with van der Waals surface area (Å²) in [6.07, 6.45) is 0. The van der Waals surface area contributed by atoms with E-state index in [-0.39, 0.29) is 9.92 Å². The van der Waals surface area contributed by atoms with Gasteiger partial charge >= 0.3 is 0 Å². The predicted molar refractivity (Wildman–Crippen MR) is 90.0 cm³/mol. The van der Waals surface area contributed by atoms with Gasteiger partial charge < -0.3 is 4.74 Å². The van der Waals surface area contributed by atoms with Crippen molar-refractivity contribution >= 4 is 50.5 Å². The van der Waals surface area contributed by atoms with Crippen LogP contribution >= 0.6 is 34.8 Å². The Bertz CT molecular complexity index is 822. The molecule has 0 heterocycles. The van der Waals surface area contributed by atoms with Gasteiger partial charge in [0.2, 0.25) is 0 Å². The summed E-state index contributed by atoms with van der Waals surface area (Å²) in [6.45, 7) is 1.70. The second kappa shape index (κ2) is 6.54. The number of rotatable bonds is 4. The van der Waals surface area contributed by atoms with E-state index in [9.17, 15) is 8.42 Å². The van der Waals surface area contributed by atoms with Crippen LogP contribution in [0.1, 0.15) is 5.56 Å². The Morgan fingerprint density at radius 3 is 2.27 bits per heavy atom. The first kappa shape index (κ1) is 17.2. The van der Waals surface area contributed by atoms with E-state index in [2.05, 4.69) is 4.72 Å². The van der Waals surface area contributed by atoms with Crippen molar-refractivity contribution in [2.24, 2.45) is 0 Å². The molecule has 2 rings (SSSR count). The Balaban J connectivity index is 2.40. The maximum absolute atomic E-state index is 12.4. The Morgan fingerprint density at radius 2 is 1.68 bits per heavy atom. The van der Waals surface area contributed by atoms with Crippen LogP contribution in [0.5, 0.6) is 5.75 Å². The highest BCUT2D eigenvalue weighted by atomic mass is 35.5. The van der Waals surface area contributed by atoms with Crippen LogP contribution in [0.15, 0.2) is 35.2 Å². The maximum Gasteiger partial charge on any atom is 0.263 e. The molecule has 1 N–H and O–H groups in total. The fourth-order valence-corrected chi connectivity index (χ4v) is 3.92. The normalized spacial score (nSPS) is 11.3. The van der Waals surface area contributed by atoms with Gasteiger partial charge in [0, 0.05) is 5.02 Å².